The topological polar surface area (TPSA) is 66.5 Å². The van der Waals surface area contributed by atoms with Crippen molar-refractivity contribution in [3.8, 4) is 0 Å². The molecule has 25 heavy (non-hydrogen) atoms. The van der Waals surface area contributed by atoms with Crippen LogP contribution in [-0.2, 0) is 14.4 Å². The number of rotatable bonds is 4. The number of fused-ring (bicyclic) bond motifs is 1. The fraction of sp³-hybridized carbons (Fsp3) is 0.353. The third-order valence-electron chi connectivity index (χ3n) is 4.43. The molecule has 2 aliphatic rings. The molecule has 1 saturated heterocycles. The maximum atomic E-state index is 12.4. The summed E-state index contributed by atoms with van der Waals surface area (Å²) >= 11 is 17.9. The minimum atomic E-state index is -0.407. The van der Waals surface area contributed by atoms with E-state index in [1.807, 2.05) is 0 Å². The number of nitrogens with one attached hydrogen (secondary N) is 1. The summed E-state index contributed by atoms with van der Waals surface area (Å²) < 4.78 is 0. The van der Waals surface area contributed by atoms with Crippen LogP contribution in [-0.4, -0.2) is 29.2 Å². The molecule has 0 bridgehead atoms. The number of hydrogen-bond donors (Lipinski definition) is 1. The molecule has 3 amide bonds. The average molecular weight is 402 g/mol. The summed E-state index contributed by atoms with van der Waals surface area (Å²) in [5.74, 6) is -1.61. The van der Waals surface area contributed by atoms with Crippen LogP contribution in [0, 0.1) is 11.8 Å². The van der Waals surface area contributed by atoms with Crippen LogP contribution >= 0.6 is 34.8 Å². The maximum absolute atomic E-state index is 12.4. The molecular formula is C17H15Cl3N2O3. The zero-order valence-corrected chi connectivity index (χ0v) is 15.4. The summed E-state index contributed by atoms with van der Waals surface area (Å²) in [5, 5.41) is 4.05. The van der Waals surface area contributed by atoms with E-state index in [0.29, 0.717) is 33.6 Å². The van der Waals surface area contributed by atoms with Crippen molar-refractivity contribution >= 4 is 58.2 Å². The summed E-state index contributed by atoms with van der Waals surface area (Å²) in [5.41, 5.74) is 0.392. The highest BCUT2D eigenvalue weighted by Gasteiger charge is 2.48. The Morgan fingerprint density at radius 1 is 1.16 bits per heavy atom. The quantitative estimate of drug-likeness (QED) is 0.780. The van der Waals surface area contributed by atoms with Crippen molar-refractivity contribution in [2.75, 3.05) is 11.9 Å². The number of halogens is 3. The zero-order valence-electron chi connectivity index (χ0n) is 13.1. The van der Waals surface area contributed by atoms with Crippen molar-refractivity contribution in [2.45, 2.75) is 19.3 Å². The molecule has 0 unspecified atom stereocenters. The van der Waals surface area contributed by atoms with Gasteiger partial charge in [0.25, 0.3) is 0 Å². The van der Waals surface area contributed by atoms with Gasteiger partial charge in [-0.25, -0.2) is 0 Å². The van der Waals surface area contributed by atoms with E-state index in [4.69, 9.17) is 34.8 Å². The first-order valence-electron chi connectivity index (χ1n) is 7.81. The van der Waals surface area contributed by atoms with Crippen LogP contribution in [0.25, 0.3) is 0 Å². The van der Waals surface area contributed by atoms with Gasteiger partial charge >= 0.3 is 0 Å². The molecule has 1 aromatic carbocycles. The van der Waals surface area contributed by atoms with Gasteiger partial charge in [-0.15, -0.1) is 0 Å². The van der Waals surface area contributed by atoms with Gasteiger partial charge in [-0.3, -0.25) is 19.3 Å². The molecule has 5 nitrogen and oxygen atoms in total. The Morgan fingerprint density at radius 3 is 2.64 bits per heavy atom. The largest absolute Gasteiger partial charge is 0.325 e. The number of nitrogens with zero attached hydrogens (tertiary/aromatic N) is 1. The van der Waals surface area contributed by atoms with Crippen LogP contribution in [0.15, 0.2) is 29.3 Å². The van der Waals surface area contributed by atoms with Gasteiger partial charge in [0.15, 0.2) is 0 Å². The van der Waals surface area contributed by atoms with E-state index in [2.05, 4.69) is 5.32 Å². The maximum Gasteiger partial charge on any atom is 0.233 e. The van der Waals surface area contributed by atoms with E-state index in [0.717, 1.165) is 4.90 Å². The summed E-state index contributed by atoms with van der Waals surface area (Å²) in [6.07, 6.45) is 2.62. The van der Waals surface area contributed by atoms with Crippen LogP contribution in [0.4, 0.5) is 5.69 Å². The third-order valence-corrected chi connectivity index (χ3v) is 5.30. The predicted octanol–water partition coefficient (Wildman–Crippen LogP) is 3.84. The lowest BCUT2D eigenvalue weighted by Crippen LogP contribution is -2.34. The lowest BCUT2D eigenvalue weighted by molar-refractivity contribution is -0.140. The molecule has 2 atom stereocenters. The highest BCUT2D eigenvalue weighted by Crippen LogP contribution is 2.38. The molecular weight excluding hydrogens is 387 g/mol. The van der Waals surface area contributed by atoms with Crippen molar-refractivity contribution in [1.82, 2.24) is 4.90 Å². The van der Waals surface area contributed by atoms with Crippen molar-refractivity contribution < 1.29 is 14.4 Å². The smallest absolute Gasteiger partial charge is 0.233 e. The molecule has 1 heterocycles. The minimum Gasteiger partial charge on any atom is -0.325 e. The number of imide groups is 1. The molecule has 1 aromatic rings. The van der Waals surface area contributed by atoms with E-state index in [1.54, 1.807) is 18.2 Å². The summed E-state index contributed by atoms with van der Waals surface area (Å²) in [6, 6.07) is 4.73. The molecule has 0 spiro atoms. The third kappa shape index (κ3) is 3.84. The second-order valence-corrected chi connectivity index (χ2v) is 7.38. The van der Waals surface area contributed by atoms with E-state index in [9.17, 15) is 14.4 Å². The van der Waals surface area contributed by atoms with E-state index < -0.39 is 5.92 Å². The molecule has 8 heteroatoms. The highest BCUT2D eigenvalue weighted by molar-refractivity contribution is 6.35. The Morgan fingerprint density at radius 2 is 1.88 bits per heavy atom. The monoisotopic (exact) mass is 400 g/mol. The highest BCUT2D eigenvalue weighted by atomic mass is 35.5. The van der Waals surface area contributed by atoms with Crippen molar-refractivity contribution in [3.05, 3.63) is 39.4 Å². The number of carbonyl (C=O) groups excluding carboxylic acids is 3. The molecule has 0 saturated carbocycles. The fourth-order valence-corrected chi connectivity index (χ4v) is 3.73. The Bertz CT molecular complexity index is 778. The molecule has 0 aromatic heterocycles. The normalized spacial score (nSPS) is 22.7. The van der Waals surface area contributed by atoms with Gasteiger partial charge in [0.1, 0.15) is 0 Å². The fourth-order valence-electron chi connectivity index (χ4n) is 3.14. The lowest BCUT2D eigenvalue weighted by Gasteiger charge is -2.17. The van der Waals surface area contributed by atoms with Crippen LogP contribution in [0.1, 0.15) is 19.3 Å². The van der Waals surface area contributed by atoms with Crippen LogP contribution in [0.3, 0.4) is 0 Å². The number of hydrogen-bond acceptors (Lipinski definition) is 3. The summed E-state index contributed by atoms with van der Waals surface area (Å²) in [6.45, 7) is 0.0340. The SMILES string of the molecule is O=C(CCN1C(=O)[C@H]2CC=C(Cl)C[C@H]2C1=O)Nc1cc(Cl)ccc1Cl. The number of amides is 3. The summed E-state index contributed by atoms with van der Waals surface area (Å²) in [4.78, 5) is 38.1. The van der Waals surface area contributed by atoms with Gasteiger partial charge in [-0.05, 0) is 31.0 Å². The second kappa shape index (κ2) is 7.36. The Labute approximate surface area is 159 Å². The van der Waals surface area contributed by atoms with Gasteiger partial charge in [-0.1, -0.05) is 40.9 Å². The zero-order chi connectivity index (χ0) is 18.1. The number of likely N-dealkylation sites (tertiary alicyclic amines) is 1. The predicted molar refractivity (Wildman–Crippen MR) is 96.6 cm³/mol. The van der Waals surface area contributed by atoms with E-state index in [1.165, 1.54) is 6.07 Å². The van der Waals surface area contributed by atoms with Gasteiger partial charge in [0.05, 0.1) is 22.5 Å². The van der Waals surface area contributed by atoms with Gasteiger partial charge < -0.3 is 5.32 Å². The molecule has 1 N–H and O–H groups in total. The lowest BCUT2D eigenvalue weighted by atomic mass is 9.85. The molecule has 3 rings (SSSR count). The van der Waals surface area contributed by atoms with E-state index in [-0.39, 0.29) is 36.6 Å². The Balaban J connectivity index is 1.60. The summed E-state index contributed by atoms with van der Waals surface area (Å²) in [7, 11) is 0. The molecule has 1 aliphatic carbocycles. The minimum absolute atomic E-state index is 0.0130. The first-order chi connectivity index (χ1) is 11.9. The Hall–Kier alpha value is -1.56. The first-order valence-corrected chi connectivity index (χ1v) is 8.95. The van der Waals surface area contributed by atoms with Crippen molar-refractivity contribution in [1.29, 1.82) is 0 Å². The van der Waals surface area contributed by atoms with Gasteiger partial charge in [0, 0.05) is 23.0 Å². The average Bonchev–Trinajstić information content (AvgIpc) is 2.80. The van der Waals surface area contributed by atoms with Crippen molar-refractivity contribution in [2.24, 2.45) is 11.8 Å². The van der Waals surface area contributed by atoms with Crippen LogP contribution in [0.5, 0.6) is 0 Å². The molecule has 1 fully saturated rings. The molecule has 132 valence electrons. The Kier molecular flexibility index (Phi) is 5.37. The molecule has 1 aliphatic heterocycles. The second-order valence-electron chi connectivity index (χ2n) is 6.05. The van der Waals surface area contributed by atoms with E-state index >= 15 is 0 Å². The first kappa shape index (κ1) is 18.2. The van der Waals surface area contributed by atoms with Crippen LogP contribution < -0.4 is 5.32 Å². The number of benzene rings is 1. The van der Waals surface area contributed by atoms with Crippen molar-refractivity contribution in [3.63, 3.8) is 0 Å². The van der Waals surface area contributed by atoms with Crippen LogP contribution in [0.2, 0.25) is 10.0 Å². The van der Waals surface area contributed by atoms with Gasteiger partial charge in [0.2, 0.25) is 17.7 Å². The molecule has 0 radical (unpaired) electrons. The van der Waals surface area contributed by atoms with Gasteiger partial charge in [-0.2, -0.15) is 0 Å². The standard InChI is InChI=1S/C17H15Cl3N2O3/c18-9-1-3-11-12(7-9)17(25)22(16(11)24)6-5-15(23)21-14-8-10(19)2-4-13(14)20/h1-2,4,8,11-12H,3,5-7H2,(H,21,23)/t11-,12+/m0/s1. The number of anilines is 1. The number of carbonyl (C=O) groups is 3. The number of allylic oxidation sites excluding steroid dienone is 2.